The van der Waals surface area contributed by atoms with Gasteiger partial charge in [0.1, 0.15) is 5.75 Å². The molecule has 28 heavy (non-hydrogen) atoms. The van der Waals surface area contributed by atoms with E-state index in [1.807, 2.05) is 42.5 Å². The second kappa shape index (κ2) is 7.92. The first-order chi connectivity index (χ1) is 13.7. The third-order valence-electron chi connectivity index (χ3n) is 5.29. The molecule has 0 saturated carbocycles. The molecule has 2 aliphatic rings. The summed E-state index contributed by atoms with van der Waals surface area (Å²) in [6.07, 6.45) is 2.55. The van der Waals surface area contributed by atoms with Crippen molar-refractivity contribution in [3.63, 3.8) is 0 Å². The summed E-state index contributed by atoms with van der Waals surface area (Å²) in [5, 5.41) is 5.76. The smallest absolute Gasteiger partial charge is 0.321 e. The van der Waals surface area contributed by atoms with Gasteiger partial charge in [0.25, 0.3) is 0 Å². The highest BCUT2D eigenvalue weighted by Crippen LogP contribution is 2.39. The first-order valence-electron chi connectivity index (χ1n) is 9.87. The molecule has 1 unspecified atom stereocenters. The van der Waals surface area contributed by atoms with Crippen LogP contribution in [-0.2, 0) is 4.79 Å². The summed E-state index contributed by atoms with van der Waals surface area (Å²) in [5.74, 6) is 0.840. The average molecular weight is 379 g/mol. The summed E-state index contributed by atoms with van der Waals surface area (Å²) in [5.41, 5.74) is 3.74. The molecule has 1 atom stereocenters. The van der Waals surface area contributed by atoms with Crippen LogP contribution in [-0.4, -0.2) is 31.6 Å². The number of amides is 3. The number of rotatable bonds is 6. The van der Waals surface area contributed by atoms with E-state index in [2.05, 4.69) is 17.6 Å². The number of benzene rings is 2. The fourth-order valence-electron chi connectivity index (χ4n) is 3.77. The van der Waals surface area contributed by atoms with Crippen molar-refractivity contribution in [3.05, 3.63) is 53.6 Å². The van der Waals surface area contributed by atoms with E-state index in [-0.39, 0.29) is 17.9 Å². The summed E-state index contributed by atoms with van der Waals surface area (Å²) >= 11 is 0. The van der Waals surface area contributed by atoms with Crippen LogP contribution in [0, 0.1) is 0 Å². The standard InChI is InChI=1S/C22H25N3O3/c1-2-3-12-28-17-7-4-15(5-8-17)19-14-21(26)24-20-13-16(6-9-18(19)20)25-11-10-23-22(25)27/h4-9,13,19H,2-3,10-12,14H2,1H3,(H,23,27)(H,24,26). The monoisotopic (exact) mass is 379 g/mol. The van der Waals surface area contributed by atoms with Crippen LogP contribution in [0.1, 0.15) is 43.2 Å². The minimum Gasteiger partial charge on any atom is -0.494 e. The number of nitrogens with zero attached hydrogens (tertiary/aromatic N) is 1. The molecule has 0 aromatic heterocycles. The van der Waals surface area contributed by atoms with Gasteiger partial charge in [0.2, 0.25) is 5.91 Å². The number of hydrogen-bond acceptors (Lipinski definition) is 3. The molecule has 2 aromatic carbocycles. The lowest BCUT2D eigenvalue weighted by molar-refractivity contribution is -0.116. The molecule has 1 fully saturated rings. The molecule has 6 nitrogen and oxygen atoms in total. The zero-order valence-electron chi connectivity index (χ0n) is 16.0. The molecule has 2 aromatic rings. The molecule has 146 valence electrons. The van der Waals surface area contributed by atoms with Crippen LogP contribution in [0.4, 0.5) is 16.2 Å². The molecule has 0 aliphatic carbocycles. The van der Waals surface area contributed by atoms with Gasteiger partial charge in [-0.1, -0.05) is 31.5 Å². The van der Waals surface area contributed by atoms with Crippen LogP contribution in [0.3, 0.4) is 0 Å². The molecule has 1 saturated heterocycles. The first kappa shape index (κ1) is 18.3. The Morgan fingerprint density at radius 1 is 1.14 bits per heavy atom. The molecule has 2 N–H and O–H groups in total. The second-order valence-corrected chi connectivity index (χ2v) is 7.23. The van der Waals surface area contributed by atoms with Gasteiger partial charge in [-0.15, -0.1) is 0 Å². The maximum Gasteiger partial charge on any atom is 0.321 e. The van der Waals surface area contributed by atoms with E-state index in [1.165, 1.54) is 0 Å². The molecule has 0 bridgehead atoms. The number of fused-ring (bicyclic) bond motifs is 1. The van der Waals surface area contributed by atoms with E-state index in [0.717, 1.165) is 47.7 Å². The number of anilines is 2. The average Bonchev–Trinajstić information content (AvgIpc) is 3.13. The molecular weight excluding hydrogens is 354 g/mol. The summed E-state index contributed by atoms with van der Waals surface area (Å²) < 4.78 is 5.74. The first-order valence-corrected chi connectivity index (χ1v) is 9.87. The van der Waals surface area contributed by atoms with Gasteiger partial charge in [-0.3, -0.25) is 9.69 Å². The summed E-state index contributed by atoms with van der Waals surface area (Å²) in [7, 11) is 0. The highest BCUT2D eigenvalue weighted by atomic mass is 16.5. The normalized spacial score (nSPS) is 18.5. The zero-order valence-corrected chi connectivity index (χ0v) is 16.0. The predicted molar refractivity (Wildman–Crippen MR) is 109 cm³/mol. The topological polar surface area (TPSA) is 70.7 Å². The van der Waals surface area contributed by atoms with Crippen molar-refractivity contribution in [2.24, 2.45) is 0 Å². The quantitative estimate of drug-likeness (QED) is 0.749. The van der Waals surface area contributed by atoms with Crippen molar-refractivity contribution in [3.8, 4) is 5.75 Å². The summed E-state index contributed by atoms with van der Waals surface area (Å²) in [6.45, 7) is 4.13. The predicted octanol–water partition coefficient (Wildman–Crippen LogP) is 3.87. The van der Waals surface area contributed by atoms with Gasteiger partial charge in [-0.25, -0.2) is 4.79 Å². The van der Waals surface area contributed by atoms with Gasteiger partial charge in [-0.05, 0) is 41.8 Å². The van der Waals surface area contributed by atoms with Crippen LogP contribution in [0.5, 0.6) is 5.75 Å². The summed E-state index contributed by atoms with van der Waals surface area (Å²) in [6, 6.07) is 13.8. The van der Waals surface area contributed by atoms with Gasteiger partial charge in [0.15, 0.2) is 0 Å². The second-order valence-electron chi connectivity index (χ2n) is 7.23. The van der Waals surface area contributed by atoms with Crippen molar-refractivity contribution in [1.29, 1.82) is 0 Å². The lowest BCUT2D eigenvalue weighted by atomic mass is 9.84. The lowest BCUT2D eigenvalue weighted by Crippen LogP contribution is -2.28. The van der Waals surface area contributed by atoms with E-state index in [0.29, 0.717) is 19.5 Å². The van der Waals surface area contributed by atoms with Gasteiger partial charge < -0.3 is 15.4 Å². The van der Waals surface area contributed by atoms with Crippen LogP contribution in [0.15, 0.2) is 42.5 Å². The van der Waals surface area contributed by atoms with Crippen molar-refractivity contribution in [1.82, 2.24) is 5.32 Å². The molecule has 6 heteroatoms. The largest absolute Gasteiger partial charge is 0.494 e. The van der Waals surface area contributed by atoms with E-state index < -0.39 is 0 Å². The van der Waals surface area contributed by atoms with Crippen LogP contribution < -0.4 is 20.3 Å². The van der Waals surface area contributed by atoms with Crippen molar-refractivity contribution in [2.75, 3.05) is 29.9 Å². The Kier molecular flexibility index (Phi) is 5.19. The molecule has 4 rings (SSSR count). The van der Waals surface area contributed by atoms with E-state index in [1.54, 1.807) is 4.90 Å². The van der Waals surface area contributed by atoms with Gasteiger partial charge in [0.05, 0.1) is 6.61 Å². The SMILES string of the molecule is CCCCOc1ccc(C2CC(=O)Nc3cc(N4CCNC4=O)ccc32)cc1. The van der Waals surface area contributed by atoms with Crippen molar-refractivity contribution in [2.45, 2.75) is 32.1 Å². The fourth-order valence-corrected chi connectivity index (χ4v) is 3.77. The number of unbranched alkanes of at least 4 members (excludes halogenated alkanes) is 1. The molecule has 2 aliphatic heterocycles. The van der Waals surface area contributed by atoms with Crippen LogP contribution in [0.25, 0.3) is 0 Å². The van der Waals surface area contributed by atoms with Gasteiger partial charge in [0, 0.05) is 36.8 Å². The Morgan fingerprint density at radius 3 is 2.68 bits per heavy atom. The Morgan fingerprint density at radius 2 is 1.96 bits per heavy atom. The Balaban J connectivity index is 1.58. The highest BCUT2D eigenvalue weighted by molar-refractivity contribution is 5.98. The van der Waals surface area contributed by atoms with E-state index in [4.69, 9.17) is 4.74 Å². The number of nitrogens with one attached hydrogen (secondary N) is 2. The third-order valence-corrected chi connectivity index (χ3v) is 5.29. The number of hydrogen-bond donors (Lipinski definition) is 2. The van der Waals surface area contributed by atoms with E-state index >= 15 is 0 Å². The maximum atomic E-state index is 12.3. The molecular formula is C22H25N3O3. The molecule has 3 amide bonds. The number of carbonyl (C=O) groups is 2. The Hall–Kier alpha value is -3.02. The zero-order chi connectivity index (χ0) is 19.5. The number of carbonyl (C=O) groups excluding carboxylic acids is 2. The third kappa shape index (κ3) is 3.67. The molecule has 0 spiro atoms. The Labute approximate surface area is 164 Å². The number of ether oxygens (including phenoxy) is 1. The number of urea groups is 1. The highest BCUT2D eigenvalue weighted by Gasteiger charge is 2.28. The van der Waals surface area contributed by atoms with Gasteiger partial charge >= 0.3 is 6.03 Å². The molecule has 0 radical (unpaired) electrons. The van der Waals surface area contributed by atoms with Crippen LogP contribution >= 0.6 is 0 Å². The fraction of sp³-hybridized carbons (Fsp3) is 0.364. The van der Waals surface area contributed by atoms with E-state index in [9.17, 15) is 9.59 Å². The van der Waals surface area contributed by atoms with Gasteiger partial charge in [-0.2, -0.15) is 0 Å². The minimum absolute atomic E-state index is 0.00473. The summed E-state index contributed by atoms with van der Waals surface area (Å²) in [4.78, 5) is 25.9. The van der Waals surface area contributed by atoms with Crippen molar-refractivity contribution < 1.29 is 14.3 Å². The maximum absolute atomic E-state index is 12.3. The lowest BCUT2D eigenvalue weighted by Gasteiger charge is -2.27. The minimum atomic E-state index is -0.0997. The molecule has 2 heterocycles. The Bertz CT molecular complexity index is 879. The van der Waals surface area contributed by atoms with Crippen LogP contribution in [0.2, 0.25) is 0 Å². The van der Waals surface area contributed by atoms with Crippen molar-refractivity contribution >= 4 is 23.3 Å².